The predicted octanol–water partition coefficient (Wildman–Crippen LogP) is 18.0. The van der Waals surface area contributed by atoms with E-state index in [1.807, 2.05) is 125 Å². The second-order valence-electron chi connectivity index (χ2n) is 39.8. The maximum atomic E-state index is 12.4. The third-order valence-corrected chi connectivity index (χ3v) is 28.9. The fourth-order valence-electron chi connectivity index (χ4n) is 17.9. The van der Waals surface area contributed by atoms with Crippen molar-refractivity contribution in [2.45, 2.75) is 381 Å². The van der Waals surface area contributed by atoms with Gasteiger partial charge in [-0.1, -0.05) is 90.0 Å². The number of carbonyl (C=O) groups is 9. The SMILES string of the molecule is CCC(C)(C)C(=O)OC1(C(C)(C)C)CCCC1.CCC(C)(C)C(=O)OC1(C(C)(C)COC)CCCC1.CCC(C)(C)C(=O)OC1(C(C)C)CCCC1.CCC(C)(C)C(=O)OC1C2CC3C(=O)OC1C3C2.CCC(C)(C)C(=O)OC1C2CC3C(=O)OC1C3C2.CCC(C)(C)C(=O)OC1C2CC3C(=O)OC1C3C2. The van der Waals surface area contributed by atoms with Crippen molar-refractivity contribution in [2.24, 2.45) is 102 Å². The van der Waals surface area contributed by atoms with Crippen LogP contribution in [0.1, 0.15) is 327 Å². The molecular weight excluding hydrogens is 1350 g/mol. The van der Waals surface area contributed by atoms with Crippen LogP contribution in [0.4, 0.5) is 0 Å². The maximum absolute atomic E-state index is 12.4. The Labute approximate surface area is 638 Å². The van der Waals surface area contributed by atoms with Gasteiger partial charge >= 0.3 is 53.7 Å². The highest BCUT2D eigenvalue weighted by Crippen LogP contribution is 2.59. The Kier molecular flexibility index (Phi) is 28.1. The van der Waals surface area contributed by atoms with E-state index in [1.54, 1.807) is 7.11 Å². The van der Waals surface area contributed by atoms with Crippen LogP contribution < -0.4 is 0 Å². The Bertz CT molecular complexity index is 2900. The average Bonchev–Trinajstić information content (AvgIpc) is 1.57. The zero-order valence-electron chi connectivity index (χ0n) is 70.7. The quantitative estimate of drug-likeness (QED) is 0.0722. The van der Waals surface area contributed by atoms with E-state index in [0.29, 0.717) is 48.0 Å². The molecule has 12 aliphatic rings. The Balaban J connectivity index is 0.000000178. The highest BCUT2D eigenvalue weighted by Gasteiger charge is 2.66. The molecule has 3 heterocycles. The van der Waals surface area contributed by atoms with Crippen LogP contribution in [0.2, 0.25) is 0 Å². The third kappa shape index (κ3) is 18.5. The zero-order chi connectivity index (χ0) is 79.7. The van der Waals surface area contributed by atoms with Gasteiger partial charge in [0.25, 0.3) is 0 Å². The van der Waals surface area contributed by atoms with Crippen LogP contribution in [0.15, 0.2) is 0 Å². The van der Waals surface area contributed by atoms with E-state index in [-0.39, 0.29) is 147 Å². The van der Waals surface area contributed by atoms with E-state index in [1.165, 1.54) is 25.7 Å². The van der Waals surface area contributed by atoms with Crippen molar-refractivity contribution >= 4 is 53.7 Å². The molecule has 12 fully saturated rings. The first-order valence-electron chi connectivity index (χ1n) is 41.4. The molecule has 19 heteroatoms. The van der Waals surface area contributed by atoms with Crippen molar-refractivity contribution in [3.05, 3.63) is 0 Å². The summed E-state index contributed by atoms with van der Waals surface area (Å²) in [6.07, 6.45) is 22.1. The zero-order valence-corrected chi connectivity index (χ0v) is 70.7. The molecule has 106 heavy (non-hydrogen) atoms. The Morgan fingerprint density at radius 3 is 0.896 bits per heavy atom. The molecule has 0 aromatic carbocycles. The van der Waals surface area contributed by atoms with Crippen molar-refractivity contribution in [1.82, 2.24) is 0 Å². The lowest BCUT2D eigenvalue weighted by Crippen LogP contribution is -2.50. The van der Waals surface area contributed by atoms with Crippen molar-refractivity contribution in [2.75, 3.05) is 13.7 Å². The molecular formula is C87H144O19. The third-order valence-electron chi connectivity index (χ3n) is 28.9. The Morgan fingerprint density at radius 1 is 0.377 bits per heavy atom. The van der Waals surface area contributed by atoms with Gasteiger partial charge in [-0.25, -0.2) is 0 Å². The van der Waals surface area contributed by atoms with Crippen LogP contribution in [0, 0.1) is 102 Å². The van der Waals surface area contributed by atoms with Crippen LogP contribution >= 0.6 is 0 Å². The fraction of sp³-hybridized carbons (Fsp3) is 0.897. The smallest absolute Gasteiger partial charge is 0.312 e. The standard InChI is InChI=1S/C16H30O3.C15H28O2.3C14H20O4.C14H26O2/c1-7-14(2,3)13(17)19-16(10-8-9-11-16)15(4,5)12-18-6;1-7-14(5,6)12(16)17-15(13(2,3)4)10-8-9-11-15;3*1-4-14(2,3)13(16)18-10-7-5-8-9(6-7)12(15)17-11(8)10;1-6-13(4,5)12(15)16-14(11(2)3)9-7-8-10-14/h7-12H2,1-6H3;7-11H2,1-6H3;3*7-11H,4-6H2,1-3H3;11H,6-10H2,1-5H3. The number of ether oxygens (including phenoxy) is 10. The lowest BCUT2D eigenvalue weighted by atomic mass is 9.73. The number of hydrogen-bond donors (Lipinski definition) is 0. The van der Waals surface area contributed by atoms with Crippen LogP contribution in [0.5, 0.6) is 0 Å². The Morgan fingerprint density at radius 2 is 0.632 bits per heavy atom. The summed E-state index contributed by atoms with van der Waals surface area (Å²) in [7, 11) is 1.71. The van der Waals surface area contributed by atoms with Gasteiger partial charge in [0, 0.05) is 53.4 Å². The van der Waals surface area contributed by atoms with Crippen molar-refractivity contribution in [1.29, 1.82) is 0 Å². The van der Waals surface area contributed by atoms with Gasteiger partial charge in [-0.05, 0) is 243 Å². The fourth-order valence-corrected chi connectivity index (χ4v) is 17.9. The number of esters is 9. The number of rotatable bonds is 22. The summed E-state index contributed by atoms with van der Waals surface area (Å²) in [5.74, 6) is 1.66. The van der Waals surface area contributed by atoms with Crippen LogP contribution in [0.3, 0.4) is 0 Å². The largest absolute Gasteiger partial charge is 0.458 e. The molecule has 3 saturated heterocycles. The maximum Gasteiger partial charge on any atom is 0.312 e. The monoisotopic (exact) mass is 1490 g/mol. The van der Waals surface area contributed by atoms with Gasteiger partial charge in [-0.15, -0.1) is 0 Å². The van der Waals surface area contributed by atoms with Gasteiger partial charge in [-0.3, -0.25) is 43.2 Å². The summed E-state index contributed by atoms with van der Waals surface area (Å²) in [5, 5.41) is 0. The molecule has 0 spiro atoms. The van der Waals surface area contributed by atoms with E-state index in [4.69, 9.17) is 47.4 Å². The average molecular weight is 1490 g/mol. The molecule has 0 aromatic rings. The van der Waals surface area contributed by atoms with Crippen molar-refractivity contribution in [3.63, 3.8) is 0 Å². The number of methoxy groups -OCH3 is 1. The summed E-state index contributed by atoms with van der Waals surface area (Å²) in [4.78, 5) is 108. The van der Waals surface area contributed by atoms with Crippen molar-refractivity contribution in [3.8, 4) is 0 Å². The minimum atomic E-state index is -0.455. The normalized spacial score (nSPS) is 30.7. The van der Waals surface area contributed by atoms with Crippen LogP contribution in [0.25, 0.3) is 0 Å². The number of carbonyl (C=O) groups excluding carboxylic acids is 9. The lowest BCUT2D eigenvalue weighted by Gasteiger charge is -2.44. The van der Waals surface area contributed by atoms with Gasteiger partial charge in [0.2, 0.25) is 0 Å². The summed E-state index contributed by atoms with van der Waals surface area (Å²) in [6, 6.07) is 0. The minimum absolute atomic E-state index is 0.0226. The van der Waals surface area contributed by atoms with Gasteiger partial charge in [0.1, 0.15) is 53.4 Å². The van der Waals surface area contributed by atoms with Gasteiger partial charge < -0.3 is 47.4 Å². The molecule has 9 saturated carbocycles. The highest BCUT2D eigenvalue weighted by atomic mass is 16.6. The highest BCUT2D eigenvalue weighted by molar-refractivity contribution is 5.81. The first-order chi connectivity index (χ1) is 49.0. The van der Waals surface area contributed by atoms with Gasteiger partial charge in [0.15, 0.2) is 0 Å². The van der Waals surface area contributed by atoms with E-state index >= 15 is 0 Å². The van der Waals surface area contributed by atoms with Crippen LogP contribution in [-0.4, -0.2) is 121 Å². The summed E-state index contributed by atoms with van der Waals surface area (Å²) in [5.41, 5.74) is -3.35. The van der Waals surface area contributed by atoms with E-state index < -0.39 is 21.7 Å². The molecule has 0 radical (unpaired) electrons. The predicted molar refractivity (Wildman–Crippen MR) is 405 cm³/mol. The topological polar surface area (TPSA) is 246 Å². The Hall–Kier alpha value is -4.81. The molecule has 3 aliphatic heterocycles. The minimum Gasteiger partial charge on any atom is -0.458 e. The summed E-state index contributed by atoms with van der Waals surface area (Å²) >= 11 is 0. The van der Waals surface area contributed by atoms with Gasteiger partial charge in [0.05, 0.1) is 56.9 Å². The number of hydrogen-bond acceptors (Lipinski definition) is 19. The molecule has 0 amide bonds. The van der Waals surface area contributed by atoms with Crippen LogP contribution in [-0.2, 0) is 90.5 Å². The number of fused-ring (bicyclic) bond motifs is 3. The molecule has 0 aromatic heterocycles. The second-order valence-corrected chi connectivity index (χ2v) is 39.8. The molecule has 606 valence electrons. The van der Waals surface area contributed by atoms with E-state index in [2.05, 4.69) is 48.5 Å². The van der Waals surface area contributed by atoms with E-state index in [9.17, 15) is 43.2 Å². The molecule has 15 unspecified atom stereocenters. The van der Waals surface area contributed by atoms with Crippen molar-refractivity contribution < 1.29 is 90.5 Å². The lowest BCUT2D eigenvalue weighted by molar-refractivity contribution is -0.189. The molecule has 15 atom stereocenters. The molecule has 9 aliphatic carbocycles. The van der Waals surface area contributed by atoms with E-state index in [0.717, 1.165) is 128 Å². The first-order valence-corrected chi connectivity index (χ1v) is 41.4. The molecule has 19 nitrogen and oxygen atoms in total. The van der Waals surface area contributed by atoms with Gasteiger partial charge in [-0.2, -0.15) is 0 Å². The molecule has 0 N–H and O–H groups in total. The second kappa shape index (κ2) is 33.6. The molecule has 12 rings (SSSR count). The summed E-state index contributed by atoms with van der Waals surface area (Å²) in [6.45, 7) is 51.0. The summed E-state index contributed by atoms with van der Waals surface area (Å²) < 4.78 is 56.4. The first kappa shape index (κ1) is 88.4. The molecule has 6 bridgehead atoms.